The van der Waals surface area contributed by atoms with Crippen LogP contribution in [-0.4, -0.2) is 38.3 Å². The summed E-state index contributed by atoms with van der Waals surface area (Å²) in [7, 11) is 1.70. The Morgan fingerprint density at radius 1 is 1.55 bits per heavy atom. The minimum absolute atomic E-state index is 0.778. The Morgan fingerprint density at radius 3 is 3.00 bits per heavy atom. The fourth-order valence-corrected chi connectivity index (χ4v) is 1.13. The highest BCUT2D eigenvalue weighted by Crippen LogP contribution is 1.94. The van der Waals surface area contributed by atoms with Crippen molar-refractivity contribution in [3.8, 4) is 12.3 Å². The fraction of sp³-hybridized carbons (Fsp3) is 0.750. The van der Waals surface area contributed by atoms with Crippen LogP contribution in [0.4, 0.5) is 0 Å². The molecule has 0 radical (unpaired) electrons. The van der Waals surface area contributed by atoms with Crippen LogP contribution in [0.15, 0.2) is 0 Å². The third-order valence-corrected chi connectivity index (χ3v) is 1.96. The Bertz CT molecular complexity index is 111. The van der Waals surface area contributed by atoms with Crippen LogP contribution in [0.2, 0.25) is 0 Å². The minimum Gasteiger partial charge on any atom is -0.383 e. The van der Waals surface area contributed by atoms with E-state index in [1.165, 1.54) is 0 Å². The lowest BCUT2D eigenvalue weighted by atomic mass is 10.6. The van der Waals surface area contributed by atoms with Gasteiger partial charge in [0.15, 0.2) is 0 Å². The lowest BCUT2D eigenvalue weighted by molar-refractivity contribution is 0.200. The van der Waals surface area contributed by atoms with Crippen molar-refractivity contribution >= 4 is 11.8 Å². The number of thioether (sulfide) groups is 1. The van der Waals surface area contributed by atoms with E-state index in [0.29, 0.717) is 0 Å². The van der Waals surface area contributed by atoms with Crippen LogP contribution < -0.4 is 5.32 Å². The van der Waals surface area contributed by atoms with Gasteiger partial charge in [0.25, 0.3) is 0 Å². The largest absolute Gasteiger partial charge is 0.383 e. The quantitative estimate of drug-likeness (QED) is 0.450. The molecule has 0 atom stereocenters. The molecule has 3 heteroatoms. The second-order valence-corrected chi connectivity index (χ2v) is 3.10. The van der Waals surface area contributed by atoms with Crippen molar-refractivity contribution in [1.82, 2.24) is 5.32 Å². The topological polar surface area (TPSA) is 21.3 Å². The van der Waals surface area contributed by atoms with Crippen LogP contribution in [0.3, 0.4) is 0 Å². The first kappa shape index (κ1) is 10.8. The number of methoxy groups -OCH3 is 1. The molecule has 11 heavy (non-hydrogen) atoms. The summed E-state index contributed by atoms with van der Waals surface area (Å²) in [5, 5.41) is 3.23. The highest BCUT2D eigenvalue weighted by Gasteiger charge is 1.86. The molecule has 0 heterocycles. The molecular formula is C8H15NOS. The van der Waals surface area contributed by atoms with Gasteiger partial charge in [-0.3, -0.25) is 0 Å². The lowest BCUT2D eigenvalue weighted by Gasteiger charge is -2.01. The Hall–Kier alpha value is -0.170. The van der Waals surface area contributed by atoms with Gasteiger partial charge in [-0.15, -0.1) is 18.2 Å². The Kier molecular flexibility index (Phi) is 9.68. The Labute approximate surface area is 73.1 Å². The number of ether oxygens (including phenoxy) is 1. The normalized spacial score (nSPS) is 9.45. The van der Waals surface area contributed by atoms with E-state index in [2.05, 4.69) is 11.2 Å². The predicted octanol–water partition coefficient (Wildman–Crippen LogP) is 0.589. The summed E-state index contributed by atoms with van der Waals surface area (Å²) in [5.74, 6) is 4.47. The molecule has 0 saturated carbocycles. The van der Waals surface area contributed by atoms with Gasteiger partial charge in [0.05, 0.1) is 12.4 Å². The van der Waals surface area contributed by atoms with E-state index >= 15 is 0 Å². The van der Waals surface area contributed by atoms with E-state index in [4.69, 9.17) is 11.2 Å². The minimum atomic E-state index is 0.778. The Morgan fingerprint density at radius 2 is 2.36 bits per heavy atom. The number of hydrogen-bond donors (Lipinski definition) is 1. The Balaban J connectivity index is 2.75. The van der Waals surface area contributed by atoms with Crippen LogP contribution in [0.5, 0.6) is 0 Å². The van der Waals surface area contributed by atoms with Crippen molar-refractivity contribution < 1.29 is 4.74 Å². The average Bonchev–Trinajstić information content (AvgIpc) is 2.03. The monoisotopic (exact) mass is 173 g/mol. The first-order valence-corrected chi connectivity index (χ1v) is 4.78. The molecule has 0 bridgehead atoms. The average molecular weight is 173 g/mol. The summed E-state index contributed by atoms with van der Waals surface area (Å²) in [6.45, 7) is 2.71. The van der Waals surface area contributed by atoms with Gasteiger partial charge >= 0.3 is 0 Å². The van der Waals surface area contributed by atoms with Gasteiger partial charge in [0.2, 0.25) is 0 Å². The van der Waals surface area contributed by atoms with E-state index in [9.17, 15) is 0 Å². The first-order chi connectivity index (χ1) is 5.41. The molecule has 0 aromatic heterocycles. The zero-order valence-electron chi connectivity index (χ0n) is 6.93. The van der Waals surface area contributed by atoms with Gasteiger partial charge < -0.3 is 10.1 Å². The third-order valence-electron chi connectivity index (χ3n) is 1.09. The number of rotatable bonds is 7. The zero-order chi connectivity index (χ0) is 8.36. The molecule has 0 aliphatic rings. The summed E-state index contributed by atoms with van der Waals surface area (Å²) in [5.41, 5.74) is 0. The standard InChI is InChI=1S/C8H15NOS/c1-3-7-11-8-5-9-4-6-10-2/h1,9H,4-8H2,2H3. The van der Waals surface area contributed by atoms with Gasteiger partial charge in [-0.1, -0.05) is 5.92 Å². The predicted molar refractivity (Wildman–Crippen MR) is 50.9 cm³/mol. The summed E-state index contributed by atoms with van der Waals surface area (Å²) >= 11 is 1.77. The van der Waals surface area contributed by atoms with Crippen LogP contribution >= 0.6 is 11.8 Å². The van der Waals surface area contributed by atoms with E-state index in [-0.39, 0.29) is 0 Å². The summed E-state index contributed by atoms with van der Waals surface area (Å²) < 4.78 is 4.87. The smallest absolute Gasteiger partial charge is 0.0587 e. The highest BCUT2D eigenvalue weighted by molar-refractivity contribution is 7.99. The number of nitrogens with one attached hydrogen (secondary N) is 1. The molecule has 0 aromatic carbocycles. The summed E-state index contributed by atoms with van der Waals surface area (Å²) in [6, 6.07) is 0. The van der Waals surface area contributed by atoms with Gasteiger partial charge in [0, 0.05) is 26.0 Å². The molecule has 0 saturated heterocycles. The zero-order valence-corrected chi connectivity index (χ0v) is 7.75. The molecule has 0 amide bonds. The van der Waals surface area contributed by atoms with E-state index in [1.807, 2.05) is 0 Å². The highest BCUT2D eigenvalue weighted by atomic mass is 32.2. The maximum absolute atomic E-state index is 5.08. The van der Waals surface area contributed by atoms with Gasteiger partial charge in [0.1, 0.15) is 0 Å². The number of hydrogen-bond acceptors (Lipinski definition) is 3. The van der Waals surface area contributed by atoms with Crippen molar-refractivity contribution in [2.45, 2.75) is 0 Å². The molecule has 0 aromatic rings. The molecule has 0 rings (SSSR count). The van der Waals surface area contributed by atoms with Crippen LogP contribution in [0.25, 0.3) is 0 Å². The molecule has 0 aliphatic carbocycles. The molecular weight excluding hydrogens is 158 g/mol. The third kappa shape index (κ3) is 9.83. The molecule has 0 fully saturated rings. The molecule has 0 unspecified atom stereocenters. The molecule has 0 aliphatic heterocycles. The first-order valence-electron chi connectivity index (χ1n) is 3.62. The maximum atomic E-state index is 5.08. The molecule has 1 N–H and O–H groups in total. The molecule has 0 spiro atoms. The fourth-order valence-electron chi connectivity index (χ4n) is 0.575. The second kappa shape index (κ2) is 9.83. The van der Waals surface area contributed by atoms with Crippen molar-refractivity contribution in [3.05, 3.63) is 0 Å². The van der Waals surface area contributed by atoms with Crippen molar-refractivity contribution in [2.75, 3.05) is 38.3 Å². The van der Waals surface area contributed by atoms with Gasteiger partial charge in [-0.05, 0) is 0 Å². The molecule has 2 nitrogen and oxygen atoms in total. The van der Waals surface area contributed by atoms with Gasteiger partial charge in [-0.2, -0.15) is 0 Å². The van der Waals surface area contributed by atoms with Crippen molar-refractivity contribution in [1.29, 1.82) is 0 Å². The van der Waals surface area contributed by atoms with Crippen molar-refractivity contribution in [3.63, 3.8) is 0 Å². The SMILES string of the molecule is C#CCSCCNCCOC. The van der Waals surface area contributed by atoms with E-state index in [1.54, 1.807) is 18.9 Å². The maximum Gasteiger partial charge on any atom is 0.0587 e. The van der Waals surface area contributed by atoms with E-state index < -0.39 is 0 Å². The summed E-state index contributed by atoms with van der Waals surface area (Å²) in [6.07, 6.45) is 5.08. The lowest BCUT2D eigenvalue weighted by Crippen LogP contribution is -2.21. The van der Waals surface area contributed by atoms with E-state index in [0.717, 1.165) is 31.2 Å². The summed E-state index contributed by atoms with van der Waals surface area (Å²) in [4.78, 5) is 0. The van der Waals surface area contributed by atoms with Gasteiger partial charge in [-0.25, -0.2) is 0 Å². The van der Waals surface area contributed by atoms with Crippen LogP contribution in [0.1, 0.15) is 0 Å². The molecule has 64 valence electrons. The van der Waals surface area contributed by atoms with Crippen LogP contribution in [-0.2, 0) is 4.74 Å². The number of terminal acetylenes is 1. The van der Waals surface area contributed by atoms with Crippen LogP contribution in [0, 0.1) is 12.3 Å². The second-order valence-electron chi connectivity index (χ2n) is 2.00. The van der Waals surface area contributed by atoms with Crippen molar-refractivity contribution in [2.24, 2.45) is 0 Å².